The smallest absolute Gasteiger partial charge is 0.337 e. The quantitative estimate of drug-likeness (QED) is 0.790. The second-order valence-corrected chi connectivity index (χ2v) is 3.83. The maximum Gasteiger partial charge on any atom is 0.337 e. The Morgan fingerprint density at radius 3 is 2.69 bits per heavy atom. The fourth-order valence-electron chi connectivity index (χ4n) is 1.50. The molecule has 2 rings (SSSR count). The summed E-state index contributed by atoms with van der Waals surface area (Å²) in [4.78, 5) is 11.3. The molecule has 1 aliphatic carbocycles. The van der Waals surface area contributed by atoms with E-state index >= 15 is 0 Å². The first-order valence-corrected chi connectivity index (χ1v) is 5.27. The van der Waals surface area contributed by atoms with Gasteiger partial charge in [-0.25, -0.2) is 4.79 Å². The topological polar surface area (TPSA) is 47.6 Å². The fraction of sp³-hybridized carbons (Fsp3) is 0.417. The van der Waals surface area contributed by atoms with Gasteiger partial charge in [0.1, 0.15) is 5.75 Å². The molecule has 0 unspecified atom stereocenters. The lowest BCUT2D eigenvalue weighted by Gasteiger charge is -2.11. The highest BCUT2D eigenvalue weighted by molar-refractivity contribution is 5.90. The Hall–Kier alpha value is -1.71. The molecule has 0 aromatic heterocycles. The molecule has 16 heavy (non-hydrogen) atoms. The molecular weight excluding hydrogens is 206 g/mol. The Bertz CT molecular complexity index is 399. The van der Waals surface area contributed by atoms with Crippen LogP contribution in [-0.4, -0.2) is 26.2 Å². The minimum Gasteiger partial charge on any atom is -0.495 e. The summed E-state index contributed by atoms with van der Waals surface area (Å²) in [5, 5.41) is 3.34. The van der Waals surface area contributed by atoms with Gasteiger partial charge >= 0.3 is 5.97 Å². The average molecular weight is 221 g/mol. The Balaban J connectivity index is 2.22. The summed E-state index contributed by atoms with van der Waals surface area (Å²) in [5.74, 6) is 0.325. The number of nitrogens with one attached hydrogen (secondary N) is 1. The molecule has 0 heterocycles. The minimum absolute atomic E-state index is 0.351. The van der Waals surface area contributed by atoms with Crippen LogP contribution in [0.15, 0.2) is 18.2 Å². The molecule has 1 N–H and O–H groups in total. The van der Waals surface area contributed by atoms with Crippen molar-refractivity contribution in [2.45, 2.75) is 18.9 Å². The van der Waals surface area contributed by atoms with E-state index in [0.717, 1.165) is 5.69 Å². The maximum absolute atomic E-state index is 11.3. The summed E-state index contributed by atoms with van der Waals surface area (Å²) in [7, 11) is 2.96. The van der Waals surface area contributed by atoms with Crippen LogP contribution in [0.2, 0.25) is 0 Å². The Morgan fingerprint density at radius 2 is 2.12 bits per heavy atom. The number of anilines is 1. The third-order valence-corrected chi connectivity index (χ3v) is 2.56. The van der Waals surface area contributed by atoms with E-state index in [1.54, 1.807) is 19.2 Å². The number of methoxy groups -OCH3 is 2. The summed E-state index contributed by atoms with van der Waals surface area (Å²) in [6, 6.07) is 5.83. The molecule has 4 nitrogen and oxygen atoms in total. The van der Waals surface area contributed by atoms with Gasteiger partial charge in [-0.15, -0.1) is 0 Å². The standard InChI is InChI=1S/C12H15NO3/c1-15-11-7-8(12(14)16-2)3-6-10(11)13-9-4-5-9/h3,6-7,9,13H,4-5H2,1-2H3. The number of carbonyl (C=O) groups excluding carboxylic acids is 1. The first kappa shape index (κ1) is 10.8. The largest absolute Gasteiger partial charge is 0.495 e. The van der Waals surface area contributed by atoms with E-state index in [0.29, 0.717) is 17.4 Å². The van der Waals surface area contributed by atoms with E-state index in [1.807, 2.05) is 6.07 Å². The summed E-state index contributed by atoms with van der Waals surface area (Å²) in [6.07, 6.45) is 2.39. The highest BCUT2D eigenvalue weighted by Crippen LogP contribution is 2.31. The van der Waals surface area contributed by atoms with Crippen LogP contribution < -0.4 is 10.1 Å². The molecule has 0 bridgehead atoms. The van der Waals surface area contributed by atoms with Gasteiger partial charge in [-0.3, -0.25) is 0 Å². The summed E-state index contributed by atoms with van der Waals surface area (Å²) >= 11 is 0. The summed E-state index contributed by atoms with van der Waals surface area (Å²) in [6.45, 7) is 0. The molecule has 0 spiro atoms. The lowest BCUT2D eigenvalue weighted by atomic mass is 10.2. The van der Waals surface area contributed by atoms with Gasteiger partial charge in [-0.1, -0.05) is 0 Å². The third-order valence-electron chi connectivity index (χ3n) is 2.56. The molecule has 1 saturated carbocycles. The predicted molar refractivity (Wildman–Crippen MR) is 61.0 cm³/mol. The number of carbonyl (C=O) groups is 1. The second-order valence-electron chi connectivity index (χ2n) is 3.83. The number of hydrogen-bond acceptors (Lipinski definition) is 4. The van der Waals surface area contributed by atoms with Crippen LogP contribution in [-0.2, 0) is 4.74 Å². The van der Waals surface area contributed by atoms with Gasteiger partial charge < -0.3 is 14.8 Å². The lowest BCUT2D eigenvalue weighted by molar-refractivity contribution is 0.0600. The molecular formula is C12H15NO3. The van der Waals surface area contributed by atoms with E-state index in [-0.39, 0.29) is 5.97 Å². The minimum atomic E-state index is -0.351. The number of esters is 1. The van der Waals surface area contributed by atoms with Gasteiger partial charge in [0.25, 0.3) is 0 Å². The highest BCUT2D eigenvalue weighted by atomic mass is 16.5. The van der Waals surface area contributed by atoms with Crippen molar-refractivity contribution in [3.63, 3.8) is 0 Å². The molecule has 1 aliphatic rings. The summed E-state index contributed by atoms with van der Waals surface area (Å²) < 4.78 is 9.89. The number of rotatable bonds is 4. The van der Waals surface area contributed by atoms with Crippen molar-refractivity contribution in [3.05, 3.63) is 23.8 Å². The SMILES string of the molecule is COC(=O)c1ccc(NC2CC2)c(OC)c1. The fourth-order valence-corrected chi connectivity index (χ4v) is 1.50. The highest BCUT2D eigenvalue weighted by Gasteiger charge is 2.22. The summed E-state index contributed by atoms with van der Waals surface area (Å²) in [5.41, 5.74) is 1.43. The van der Waals surface area contributed by atoms with E-state index in [1.165, 1.54) is 20.0 Å². The molecule has 86 valence electrons. The molecule has 1 aromatic carbocycles. The second kappa shape index (κ2) is 4.43. The lowest BCUT2D eigenvalue weighted by Crippen LogP contribution is -2.05. The Morgan fingerprint density at radius 1 is 1.38 bits per heavy atom. The van der Waals surface area contributed by atoms with Gasteiger partial charge in [-0.2, -0.15) is 0 Å². The third kappa shape index (κ3) is 2.27. The molecule has 4 heteroatoms. The van der Waals surface area contributed by atoms with Crippen LogP contribution in [0, 0.1) is 0 Å². The van der Waals surface area contributed by atoms with Crippen molar-refractivity contribution in [2.75, 3.05) is 19.5 Å². The molecule has 0 saturated heterocycles. The first-order chi connectivity index (χ1) is 7.74. The Kier molecular flexibility index (Phi) is 2.99. The molecule has 0 aliphatic heterocycles. The van der Waals surface area contributed by atoms with Gasteiger partial charge in [-0.05, 0) is 31.0 Å². The van der Waals surface area contributed by atoms with Crippen molar-refractivity contribution >= 4 is 11.7 Å². The zero-order chi connectivity index (χ0) is 11.5. The van der Waals surface area contributed by atoms with E-state index < -0.39 is 0 Å². The van der Waals surface area contributed by atoms with Crippen LogP contribution in [0.3, 0.4) is 0 Å². The molecule has 1 aromatic rings. The van der Waals surface area contributed by atoms with Crippen molar-refractivity contribution in [1.82, 2.24) is 0 Å². The predicted octanol–water partition coefficient (Wildman–Crippen LogP) is 2.06. The van der Waals surface area contributed by atoms with Crippen LogP contribution in [0.4, 0.5) is 5.69 Å². The van der Waals surface area contributed by atoms with Crippen molar-refractivity contribution in [3.8, 4) is 5.75 Å². The van der Waals surface area contributed by atoms with Crippen molar-refractivity contribution < 1.29 is 14.3 Å². The van der Waals surface area contributed by atoms with Gasteiger partial charge in [0, 0.05) is 6.04 Å². The Labute approximate surface area is 94.6 Å². The van der Waals surface area contributed by atoms with Crippen LogP contribution in [0.1, 0.15) is 23.2 Å². The first-order valence-electron chi connectivity index (χ1n) is 5.27. The molecule has 1 fully saturated rings. The van der Waals surface area contributed by atoms with Crippen molar-refractivity contribution in [2.24, 2.45) is 0 Å². The van der Waals surface area contributed by atoms with Gasteiger partial charge in [0.15, 0.2) is 0 Å². The number of hydrogen-bond donors (Lipinski definition) is 1. The van der Waals surface area contributed by atoms with Gasteiger partial charge in [0.05, 0.1) is 25.5 Å². The van der Waals surface area contributed by atoms with Crippen LogP contribution in [0.25, 0.3) is 0 Å². The maximum atomic E-state index is 11.3. The average Bonchev–Trinajstić information content (AvgIpc) is 3.12. The zero-order valence-corrected chi connectivity index (χ0v) is 9.45. The number of ether oxygens (including phenoxy) is 2. The van der Waals surface area contributed by atoms with Crippen LogP contribution in [0.5, 0.6) is 5.75 Å². The van der Waals surface area contributed by atoms with Crippen LogP contribution >= 0.6 is 0 Å². The van der Waals surface area contributed by atoms with E-state index in [2.05, 4.69) is 10.1 Å². The van der Waals surface area contributed by atoms with Crippen molar-refractivity contribution in [1.29, 1.82) is 0 Å². The monoisotopic (exact) mass is 221 g/mol. The molecule has 0 amide bonds. The van der Waals surface area contributed by atoms with E-state index in [9.17, 15) is 4.79 Å². The zero-order valence-electron chi connectivity index (χ0n) is 9.45. The van der Waals surface area contributed by atoms with Gasteiger partial charge in [0.2, 0.25) is 0 Å². The molecule has 0 radical (unpaired) electrons. The normalized spacial score (nSPS) is 14.4. The van der Waals surface area contributed by atoms with E-state index in [4.69, 9.17) is 4.74 Å². The number of benzene rings is 1. The molecule has 0 atom stereocenters.